The largest absolute Gasteiger partial charge is 0.496 e. The van der Waals surface area contributed by atoms with Crippen molar-refractivity contribution < 1.29 is 9.53 Å². The van der Waals surface area contributed by atoms with Gasteiger partial charge in [-0.05, 0) is 60.2 Å². The summed E-state index contributed by atoms with van der Waals surface area (Å²) in [5.41, 5.74) is 5.21. The zero-order valence-corrected chi connectivity index (χ0v) is 22.7. The number of carbonyl (C=O) groups excluding carboxylic acids is 1. The Morgan fingerprint density at radius 3 is 2.43 bits per heavy atom. The van der Waals surface area contributed by atoms with E-state index in [9.17, 15) is 4.79 Å². The average molecular weight is 539 g/mol. The van der Waals surface area contributed by atoms with Gasteiger partial charge in [0.1, 0.15) is 5.75 Å². The molecule has 1 N–H and O–H groups in total. The lowest BCUT2D eigenvalue weighted by atomic mass is 9.98. The molecule has 2 aliphatic rings. The van der Waals surface area contributed by atoms with Crippen LogP contribution in [0.5, 0.6) is 5.75 Å². The number of methoxy groups -OCH3 is 1. The van der Waals surface area contributed by atoms with Gasteiger partial charge in [0, 0.05) is 56.4 Å². The summed E-state index contributed by atoms with van der Waals surface area (Å²) in [6.07, 6.45) is 2.99. The number of ether oxygens (including phenoxy) is 1. The Bertz CT molecular complexity index is 1240. The van der Waals surface area contributed by atoms with Crippen LogP contribution in [0, 0.1) is 0 Å². The fraction of sp³-hybridized carbons (Fsp3) is 0.367. The lowest BCUT2D eigenvalue weighted by Crippen LogP contribution is -2.46. The van der Waals surface area contributed by atoms with E-state index >= 15 is 0 Å². The number of carbonyl (C=O) groups is 1. The second-order valence-electron chi connectivity index (χ2n) is 9.89. The summed E-state index contributed by atoms with van der Waals surface area (Å²) >= 11 is 12.5. The van der Waals surface area contributed by atoms with Crippen molar-refractivity contribution in [2.45, 2.75) is 31.8 Å². The fourth-order valence-corrected chi connectivity index (χ4v) is 5.80. The van der Waals surface area contributed by atoms with Gasteiger partial charge in [-0.3, -0.25) is 9.69 Å². The van der Waals surface area contributed by atoms with E-state index in [1.54, 1.807) is 13.2 Å². The highest BCUT2D eigenvalue weighted by Gasteiger charge is 2.23. The number of rotatable bonds is 7. The van der Waals surface area contributed by atoms with Gasteiger partial charge in [0.15, 0.2) is 0 Å². The van der Waals surface area contributed by atoms with Crippen molar-refractivity contribution in [3.8, 4) is 16.9 Å². The maximum absolute atomic E-state index is 12.9. The summed E-state index contributed by atoms with van der Waals surface area (Å²) in [6, 6.07) is 19.7. The van der Waals surface area contributed by atoms with Crippen LogP contribution in [0.3, 0.4) is 0 Å². The van der Waals surface area contributed by atoms with Gasteiger partial charge < -0.3 is 15.0 Å². The summed E-state index contributed by atoms with van der Waals surface area (Å²) in [6.45, 7) is 6.21. The van der Waals surface area contributed by atoms with E-state index in [-0.39, 0.29) is 11.9 Å². The van der Waals surface area contributed by atoms with E-state index in [1.165, 1.54) is 11.1 Å². The minimum atomic E-state index is -0.0235. The Morgan fingerprint density at radius 1 is 0.946 bits per heavy atom. The van der Waals surface area contributed by atoms with E-state index < -0.39 is 0 Å². The first kappa shape index (κ1) is 26.1. The number of piperidine rings is 1. The number of fused-ring (bicyclic) bond motifs is 1. The summed E-state index contributed by atoms with van der Waals surface area (Å²) in [4.78, 5) is 17.9. The Kier molecular flexibility index (Phi) is 8.36. The minimum absolute atomic E-state index is 0.0235. The molecule has 0 bridgehead atoms. The predicted molar refractivity (Wildman–Crippen MR) is 151 cm³/mol. The normalized spacial score (nSPS) is 16.8. The van der Waals surface area contributed by atoms with Crippen molar-refractivity contribution >= 4 is 29.1 Å². The molecular weight excluding hydrogens is 505 g/mol. The molecule has 3 aromatic carbocycles. The molecule has 0 unspecified atom stereocenters. The molecule has 5 rings (SSSR count). The summed E-state index contributed by atoms with van der Waals surface area (Å²) in [5, 5.41) is 4.28. The van der Waals surface area contributed by atoms with Gasteiger partial charge in [0.2, 0.25) is 0 Å². The van der Waals surface area contributed by atoms with Crippen molar-refractivity contribution in [3.63, 3.8) is 0 Å². The molecule has 0 radical (unpaired) electrons. The average Bonchev–Trinajstić information content (AvgIpc) is 2.93. The molecule has 0 aliphatic carbocycles. The maximum atomic E-state index is 12.9. The SMILES string of the molecule is COc1cccc2c1CCN(CCN1CCC(NC(=O)c3ccc(-c4cccc(Cl)c4Cl)cc3)CC1)C2. The van der Waals surface area contributed by atoms with Crippen LogP contribution in [0.2, 0.25) is 10.0 Å². The van der Waals surface area contributed by atoms with Gasteiger partial charge in [-0.1, -0.05) is 59.6 Å². The Labute approximate surface area is 229 Å². The van der Waals surface area contributed by atoms with Crippen LogP contribution in [0.15, 0.2) is 60.7 Å². The highest BCUT2D eigenvalue weighted by molar-refractivity contribution is 6.43. The third-order valence-corrected chi connectivity index (χ3v) is 8.41. The van der Waals surface area contributed by atoms with Gasteiger partial charge in [0.05, 0.1) is 17.2 Å². The Morgan fingerprint density at radius 2 is 1.68 bits per heavy atom. The van der Waals surface area contributed by atoms with Gasteiger partial charge in [0.25, 0.3) is 5.91 Å². The van der Waals surface area contributed by atoms with Crippen LogP contribution in [-0.2, 0) is 13.0 Å². The monoisotopic (exact) mass is 537 g/mol. The van der Waals surface area contributed by atoms with Crippen LogP contribution in [0.25, 0.3) is 11.1 Å². The van der Waals surface area contributed by atoms with E-state index in [1.807, 2.05) is 36.4 Å². The standard InChI is InChI=1S/C30H33Cl2N3O2/c1-37-28-7-2-4-23-20-35(17-14-25(23)28)19-18-34-15-12-24(13-16-34)33-30(36)22-10-8-21(9-11-22)26-5-3-6-27(31)29(26)32/h2-11,24H,12-20H2,1H3,(H,33,36). The number of hydrogen-bond acceptors (Lipinski definition) is 4. The molecule has 0 spiro atoms. The van der Waals surface area contributed by atoms with E-state index in [4.69, 9.17) is 27.9 Å². The van der Waals surface area contributed by atoms with Crippen LogP contribution in [-0.4, -0.2) is 61.6 Å². The molecular formula is C30H33Cl2N3O2. The number of nitrogens with one attached hydrogen (secondary N) is 1. The van der Waals surface area contributed by atoms with Crippen LogP contribution in [0.4, 0.5) is 0 Å². The first-order chi connectivity index (χ1) is 18.0. The Balaban J connectivity index is 1.07. The minimum Gasteiger partial charge on any atom is -0.496 e. The number of nitrogens with zero attached hydrogens (tertiary/aromatic N) is 2. The molecule has 194 valence electrons. The van der Waals surface area contributed by atoms with Gasteiger partial charge in [-0.25, -0.2) is 0 Å². The third-order valence-electron chi connectivity index (χ3n) is 7.59. The second-order valence-corrected chi connectivity index (χ2v) is 10.7. The molecule has 2 aliphatic heterocycles. The molecule has 0 atom stereocenters. The van der Waals surface area contributed by atoms with E-state index in [2.05, 4.69) is 33.3 Å². The molecule has 5 nitrogen and oxygen atoms in total. The van der Waals surface area contributed by atoms with Crippen LogP contribution >= 0.6 is 23.2 Å². The third kappa shape index (κ3) is 6.12. The molecule has 1 saturated heterocycles. The van der Waals surface area contributed by atoms with Crippen molar-refractivity contribution in [1.82, 2.24) is 15.1 Å². The van der Waals surface area contributed by atoms with Crippen LogP contribution in [0.1, 0.15) is 34.3 Å². The quantitative estimate of drug-likeness (QED) is 0.406. The van der Waals surface area contributed by atoms with Gasteiger partial charge >= 0.3 is 0 Å². The van der Waals surface area contributed by atoms with Crippen molar-refractivity contribution in [1.29, 1.82) is 0 Å². The number of hydrogen-bond donors (Lipinski definition) is 1. The molecule has 1 fully saturated rings. The fourth-order valence-electron chi connectivity index (χ4n) is 5.40. The van der Waals surface area contributed by atoms with Crippen molar-refractivity contribution in [2.24, 2.45) is 0 Å². The first-order valence-electron chi connectivity index (χ1n) is 13.0. The number of amides is 1. The first-order valence-corrected chi connectivity index (χ1v) is 13.7. The molecule has 0 saturated carbocycles. The lowest BCUT2D eigenvalue weighted by Gasteiger charge is -2.35. The number of benzene rings is 3. The molecule has 0 aromatic heterocycles. The molecule has 1 amide bonds. The second kappa shape index (κ2) is 11.9. The topological polar surface area (TPSA) is 44.8 Å². The zero-order valence-electron chi connectivity index (χ0n) is 21.2. The van der Waals surface area contributed by atoms with Gasteiger partial charge in [-0.15, -0.1) is 0 Å². The molecule has 3 aromatic rings. The predicted octanol–water partition coefficient (Wildman–Crippen LogP) is 5.92. The lowest BCUT2D eigenvalue weighted by molar-refractivity contribution is 0.0906. The summed E-state index contributed by atoms with van der Waals surface area (Å²) in [5.74, 6) is 0.993. The molecule has 7 heteroatoms. The maximum Gasteiger partial charge on any atom is 0.251 e. The van der Waals surface area contributed by atoms with E-state index in [0.29, 0.717) is 15.6 Å². The summed E-state index contributed by atoms with van der Waals surface area (Å²) < 4.78 is 5.53. The smallest absolute Gasteiger partial charge is 0.251 e. The molecule has 37 heavy (non-hydrogen) atoms. The highest BCUT2D eigenvalue weighted by atomic mass is 35.5. The number of halogens is 2. The van der Waals surface area contributed by atoms with E-state index in [0.717, 1.165) is 75.4 Å². The number of likely N-dealkylation sites (tertiary alicyclic amines) is 1. The van der Waals surface area contributed by atoms with Crippen molar-refractivity contribution in [2.75, 3.05) is 39.8 Å². The van der Waals surface area contributed by atoms with Crippen molar-refractivity contribution in [3.05, 3.63) is 87.4 Å². The Hall–Kier alpha value is -2.57. The highest BCUT2D eigenvalue weighted by Crippen LogP contribution is 2.33. The van der Waals surface area contributed by atoms with Crippen LogP contribution < -0.4 is 10.1 Å². The summed E-state index contributed by atoms with van der Waals surface area (Å²) in [7, 11) is 1.75. The van der Waals surface area contributed by atoms with Gasteiger partial charge in [-0.2, -0.15) is 0 Å². The zero-order chi connectivity index (χ0) is 25.8. The molecule has 2 heterocycles.